The highest BCUT2D eigenvalue weighted by Crippen LogP contribution is 2.02. The van der Waals surface area contributed by atoms with Gasteiger partial charge in [-0.2, -0.15) is 5.26 Å². The number of nitriles is 1. The summed E-state index contributed by atoms with van der Waals surface area (Å²) < 4.78 is 0. The molecule has 0 fully saturated rings. The van der Waals surface area contributed by atoms with Crippen molar-refractivity contribution in [2.45, 2.75) is 0 Å². The summed E-state index contributed by atoms with van der Waals surface area (Å²) in [6.45, 7) is 0. The maximum atomic E-state index is 8.73. The van der Waals surface area contributed by atoms with Gasteiger partial charge in [0.05, 0.1) is 11.8 Å². The number of hydrogen-bond donors (Lipinski definition) is 0. The van der Waals surface area contributed by atoms with Gasteiger partial charge < -0.3 is 4.84 Å². The van der Waals surface area contributed by atoms with E-state index in [2.05, 4.69) is 15.0 Å². The quantitative estimate of drug-likeness (QED) is 0.410. The van der Waals surface area contributed by atoms with E-state index in [9.17, 15) is 0 Å². The zero-order valence-electron chi connectivity index (χ0n) is 7.71. The summed E-state index contributed by atoms with van der Waals surface area (Å²) >= 11 is 0. The summed E-state index contributed by atoms with van der Waals surface area (Å²) in [4.78, 5) is 8.40. The minimum Gasteiger partial charge on any atom is -0.399 e. The summed E-state index contributed by atoms with van der Waals surface area (Å²) in [5.74, 6) is 0. The first kappa shape index (κ1) is 9.93. The Morgan fingerprint density at radius 1 is 1.71 bits per heavy atom. The third-order valence-electron chi connectivity index (χ3n) is 1.43. The maximum Gasteiger partial charge on any atom is 0.106 e. The first-order valence-corrected chi connectivity index (χ1v) is 3.95. The summed E-state index contributed by atoms with van der Waals surface area (Å²) in [7, 11) is 1.43. The second-order valence-electron chi connectivity index (χ2n) is 2.41. The van der Waals surface area contributed by atoms with Gasteiger partial charge in [-0.1, -0.05) is 11.2 Å². The monoisotopic (exact) mass is 187 g/mol. The molecule has 0 atom stereocenters. The van der Waals surface area contributed by atoms with Crippen LogP contribution in [0.3, 0.4) is 0 Å². The molecular weight excluding hydrogens is 178 g/mol. The van der Waals surface area contributed by atoms with Gasteiger partial charge >= 0.3 is 0 Å². The van der Waals surface area contributed by atoms with E-state index in [0.29, 0.717) is 5.57 Å². The Balaban J connectivity index is 2.86. The van der Waals surface area contributed by atoms with Crippen LogP contribution in [0.2, 0.25) is 0 Å². The summed E-state index contributed by atoms with van der Waals surface area (Å²) in [5, 5.41) is 12.2. The number of pyridine rings is 1. The van der Waals surface area contributed by atoms with Crippen LogP contribution in [0.4, 0.5) is 0 Å². The van der Waals surface area contributed by atoms with Gasteiger partial charge in [0, 0.05) is 12.4 Å². The number of hydrogen-bond acceptors (Lipinski definition) is 4. The molecule has 0 saturated heterocycles. The van der Waals surface area contributed by atoms with Crippen LogP contribution in [-0.2, 0) is 4.84 Å². The van der Waals surface area contributed by atoms with Crippen molar-refractivity contribution >= 4 is 12.3 Å². The molecule has 0 aliphatic carbocycles. The highest BCUT2D eigenvalue weighted by atomic mass is 16.6. The lowest BCUT2D eigenvalue weighted by Gasteiger charge is -1.91. The van der Waals surface area contributed by atoms with E-state index >= 15 is 0 Å². The van der Waals surface area contributed by atoms with Gasteiger partial charge in [0.2, 0.25) is 0 Å². The van der Waals surface area contributed by atoms with Crippen molar-refractivity contribution in [2.75, 3.05) is 7.11 Å². The minimum absolute atomic E-state index is 0.417. The van der Waals surface area contributed by atoms with Crippen LogP contribution in [-0.4, -0.2) is 18.3 Å². The standard InChI is InChI=1S/C10H9N3O/c1-14-13-8-10(6-11)5-9-3-2-4-12-7-9/h2-5,7-8H,1H3/b10-5+,13-8+. The SMILES string of the molecule is CO/N=C/C(C#N)=C/c1cccnc1. The number of nitrogens with zero attached hydrogens (tertiary/aromatic N) is 3. The number of oxime groups is 1. The van der Waals surface area contributed by atoms with Gasteiger partial charge in [-0.3, -0.25) is 4.98 Å². The predicted molar refractivity (Wildman–Crippen MR) is 53.3 cm³/mol. The van der Waals surface area contributed by atoms with Crippen LogP contribution in [0, 0.1) is 11.3 Å². The van der Waals surface area contributed by atoms with Crippen LogP contribution >= 0.6 is 0 Å². The third kappa shape index (κ3) is 3.07. The molecule has 1 rings (SSSR count). The first-order chi connectivity index (χ1) is 6.86. The fourth-order valence-electron chi connectivity index (χ4n) is 0.849. The molecule has 70 valence electrons. The van der Waals surface area contributed by atoms with E-state index in [-0.39, 0.29) is 0 Å². The predicted octanol–water partition coefficient (Wildman–Crippen LogP) is 1.62. The lowest BCUT2D eigenvalue weighted by Crippen LogP contribution is -1.83. The lowest BCUT2D eigenvalue weighted by molar-refractivity contribution is 0.215. The van der Waals surface area contributed by atoms with Crippen molar-refractivity contribution in [1.29, 1.82) is 5.26 Å². The van der Waals surface area contributed by atoms with E-state index in [1.807, 2.05) is 12.1 Å². The van der Waals surface area contributed by atoms with Crippen LogP contribution in [0.5, 0.6) is 0 Å². The summed E-state index contributed by atoms with van der Waals surface area (Å²) in [5.41, 5.74) is 1.27. The van der Waals surface area contributed by atoms with Gasteiger partial charge in [0.25, 0.3) is 0 Å². The van der Waals surface area contributed by atoms with Crippen LogP contribution in [0.1, 0.15) is 5.56 Å². The molecule has 0 spiro atoms. The second kappa shape index (κ2) is 5.49. The average Bonchev–Trinajstić information content (AvgIpc) is 2.25. The fraction of sp³-hybridized carbons (Fsp3) is 0.100. The van der Waals surface area contributed by atoms with Crippen molar-refractivity contribution in [3.8, 4) is 6.07 Å². The van der Waals surface area contributed by atoms with Gasteiger partial charge in [0.1, 0.15) is 13.2 Å². The Morgan fingerprint density at radius 3 is 3.14 bits per heavy atom. The maximum absolute atomic E-state index is 8.73. The molecular formula is C10H9N3O. The molecule has 0 saturated carbocycles. The first-order valence-electron chi connectivity index (χ1n) is 3.95. The van der Waals surface area contributed by atoms with Gasteiger partial charge in [-0.25, -0.2) is 0 Å². The van der Waals surface area contributed by atoms with E-state index < -0.39 is 0 Å². The van der Waals surface area contributed by atoms with Crippen molar-refractivity contribution < 1.29 is 4.84 Å². The molecule has 14 heavy (non-hydrogen) atoms. The molecule has 4 heteroatoms. The molecule has 0 aliphatic rings. The Labute approximate surface area is 82.1 Å². The van der Waals surface area contributed by atoms with Crippen molar-refractivity contribution in [1.82, 2.24) is 4.98 Å². The third-order valence-corrected chi connectivity index (χ3v) is 1.43. The van der Waals surface area contributed by atoms with Crippen LogP contribution in [0.25, 0.3) is 6.08 Å². The highest BCUT2D eigenvalue weighted by Gasteiger charge is 1.91. The Hall–Kier alpha value is -2.15. The Bertz CT molecular complexity index is 376. The fourth-order valence-corrected chi connectivity index (χ4v) is 0.849. The van der Waals surface area contributed by atoms with Crippen LogP contribution in [0.15, 0.2) is 35.3 Å². The van der Waals surface area contributed by atoms with Crippen molar-refractivity contribution in [2.24, 2.45) is 5.16 Å². The molecule has 1 aromatic rings. The van der Waals surface area contributed by atoms with E-state index in [0.717, 1.165) is 5.56 Å². The second-order valence-corrected chi connectivity index (χ2v) is 2.41. The minimum atomic E-state index is 0.417. The average molecular weight is 187 g/mol. The topological polar surface area (TPSA) is 58.3 Å². The number of aromatic nitrogens is 1. The molecule has 0 bridgehead atoms. The normalized spacial score (nSPS) is 11.3. The van der Waals surface area contributed by atoms with Gasteiger partial charge in [-0.05, 0) is 17.7 Å². The molecule has 0 unspecified atom stereocenters. The molecule has 0 amide bonds. The molecule has 1 aromatic heterocycles. The largest absolute Gasteiger partial charge is 0.399 e. The Kier molecular flexibility index (Phi) is 3.89. The zero-order chi connectivity index (χ0) is 10.2. The van der Waals surface area contributed by atoms with E-state index in [1.165, 1.54) is 13.3 Å². The van der Waals surface area contributed by atoms with E-state index in [1.54, 1.807) is 24.5 Å². The molecule has 4 nitrogen and oxygen atoms in total. The van der Waals surface area contributed by atoms with Crippen molar-refractivity contribution in [3.05, 3.63) is 35.7 Å². The molecule has 0 aromatic carbocycles. The number of allylic oxidation sites excluding steroid dienone is 1. The smallest absolute Gasteiger partial charge is 0.106 e. The number of rotatable bonds is 3. The van der Waals surface area contributed by atoms with Crippen LogP contribution < -0.4 is 0 Å². The highest BCUT2D eigenvalue weighted by molar-refractivity contribution is 5.89. The summed E-state index contributed by atoms with van der Waals surface area (Å²) in [6.07, 6.45) is 6.37. The molecule has 1 heterocycles. The molecule has 0 N–H and O–H groups in total. The molecule has 0 radical (unpaired) electrons. The zero-order valence-corrected chi connectivity index (χ0v) is 7.71. The molecule has 0 aliphatic heterocycles. The summed E-state index contributed by atoms with van der Waals surface area (Å²) in [6, 6.07) is 5.64. The van der Waals surface area contributed by atoms with Gasteiger partial charge in [0.15, 0.2) is 0 Å². The Morgan fingerprint density at radius 2 is 2.57 bits per heavy atom. The lowest BCUT2D eigenvalue weighted by atomic mass is 10.2. The van der Waals surface area contributed by atoms with E-state index in [4.69, 9.17) is 5.26 Å². The van der Waals surface area contributed by atoms with Gasteiger partial charge in [-0.15, -0.1) is 0 Å². The van der Waals surface area contributed by atoms with Crippen molar-refractivity contribution in [3.63, 3.8) is 0 Å².